The molecule has 4 heteroatoms. The first kappa shape index (κ1) is 12.4. The normalized spacial score (nSPS) is 20.9. The van der Waals surface area contributed by atoms with Gasteiger partial charge in [0.25, 0.3) is 0 Å². The van der Waals surface area contributed by atoms with Gasteiger partial charge in [0.15, 0.2) is 0 Å². The van der Waals surface area contributed by atoms with Crippen LogP contribution in [0.4, 0.5) is 0 Å². The Labute approximate surface area is 106 Å². The van der Waals surface area contributed by atoms with Crippen LogP contribution in [0, 0.1) is 0 Å². The summed E-state index contributed by atoms with van der Waals surface area (Å²) in [6.45, 7) is 6.74. The van der Waals surface area contributed by atoms with Crippen LogP contribution in [0.15, 0.2) is 0 Å². The number of fused-ring (bicyclic) bond motifs is 1. The van der Waals surface area contributed by atoms with Gasteiger partial charge in [-0.2, -0.15) is 0 Å². The van der Waals surface area contributed by atoms with E-state index in [2.05, 4.69) is 20.8 Å². The van der Waals surface area contributed by atoms with Gasteiger partial charge in [0.05, 0.1) is 5.69 Å². The molecule has 0 spiro atoms. The van der Waals surface area contributed by atoms with Crippen LogP contribution in [0.25, 0.3) is 0 Å². The van der Waals surface area contributed by atoms with E-state index >= 15 is 0 Å². The first-order valence-electron chi connectivity index (χ1n) is 5.84. The summed E-state index contributed by atoms with van der Waals surface area (Å²) in [5.74, 6) is 1.02. The van der Waals surface area contributed by atoms with E-state index in [1.165, 1.54) is 22.0 Å². The van der Waals surface area contributed by atoms with Crippen molar-refractivity contribution in [3.05, 3.63) is 15.6 Å². The summed E-state index contributed by atoms with van der Waals surface area (Å²) in [4.78, 5) is 6.07. The van der Waals surface area contributed by atoms with E-state index in [1.54, 1.807) is 0 Å². The number of nitrogens with two attached hydrogens (primary N) is 1. The highest BCUT2D eigenvalue weighted by Crippen LogP contribution is 2.35. The third kappa shape index (κ3) is 2.99. The molecule has 0 fully saturated rings. The monoisotopic (exact) mass is 256 g/mol. The van der Waals surface area contributed by atoms with E-state index in [0.717, 1.165) is 18.6 Å². The molecule has 1 heterocycles. The number of thioether (sulfide) groups is 1. The largest absolute Gasteiger partial charge is 0.323 e. The van der Waals surface area contributed by atoms with Gasteiger partial charge in [-0.25, -0.2) is 4.98 Å². The SMILES string of the molecule is CC(C)(C)SCc1nc2c(s1)C(N)CCC2. The quantitative estimate of drug-likeness (QED) is 0.880. The average molecular weight is 256 g/mol. The van der Waals surface area contributed by atoms with Crippen molar-refractivity contribution in [3.8, 4) is 0 Å². The Kier molecular flexibility index (Phi) is 3.62. The zero-order valence-electron chi connectivity index (χ0n) is 10.2. The Hall–Kier alpha value is -0.0600. The minimum Gasteiger partial charge on any atom is -0.323 e. The number of aryl methyl sites for hydroxylation is 1. The second-order valence-corrected chi connectivity index (χ2v) is 8.24. The predicted molar refractivity (Wildman–Crippen MR) is 73.0 cm³/mol. The summed E-state index contributed by atoms with van der Waals surface area (Å²) in [5, 5.41) is 1.25. The lowest BCUT2D eigenvalue weighted by molar-refractivity contribution is 0.573. The number of thiazole rings is 1. The zero-order chi connectivity index (χ0) is 11.8. The van der Waals surface area contributed by atoms with Gasteiger partial charge in [-0.1, -0.05) is 20.8 Å². The van der Waals surface area contributed by atoms with Crippen molar-refractivity contribution in [2.24, 2.45) is 5.73 Å². The van der Waals surface area contributed by atoms with Crippen molar-refractivity contribution in [3.63, 3.8) is 0 Å². The maximum Gasteiger partial charge on any atom is 0.103 e. The Morgan fingerprint density at radius 1 is 1.50 bits per heavy atom. The van der Waals surface area contributed by atoms with Crippen LogP contribution in [0.3, 0.4) is 0 Å². The molecule has 0 radical (unpaired) electrons. The lowest BCUT2D eigenvalue weighted by Crippen LogP contribution is -2.15. The summed E-state index contributed by atoms with van der Waals surface area (Å²) in [6.07, 6.45) is 3.45. The third-order valence-electron chi connectivity index (χ3n) is 2.67. The van der Waals surface area contributed by atoms with Gasteiger partial charge in [0.1, 0.15) is 5.01 Å². The van der Waals surface area contributed by atoms with E-state index in [-0.39, 0.29) is 6.04 Å². The van der Waals surface area contributed by atoms with Crippen LogP contribution in [0.2, 0.25) is 0 Å². The van der Waals surface area contributed by atoms with Crippen LogP contribution in [-0.2, 0) is 12.2 Å². The Morgan fingerprint density at radius 2 is 2.25 bits per heavy atom. The van der Waals surface area contributed by atoms with Crippen molar-refractivity contribution in [1.29, 1.82) is 0 Å². The first-order valence-corrected chi connectivity index (χ1v) is 7.64. The third-order valence-corrected chi connectivity index (χ3v) is 5.36. The minimum atomic E-state index is 0.245. The highest BCUT2D eigenvalue weighted by atomic mass is 32.2. The Bertz CT molecular complexity index is 366. The zero-order valence-corrected chi connectivity index (χ0v) is 11.9. The van der Waals surface area contributed by atoms with Crippen molar-refractivity contribution in [2.75, 3.05) is 0 Å². The van der Waals surface area contributed by atoms with Crippen molar-refractivity contribution < 1.29 is 0 Å². The summed E-state index contributed by atoms with van der Waals surface area (Å²) < 4.78 is 0.314. The highest BCUT2D eigenvalue weighted by Gasteiger charge is 2.22. The number of nitrogens with zero attached hydrogens (tertiary/aromatic N) is 1. The van der Waals surface area contributed by atoms with Gasteiger partial charge in [0.2, 0.25) is 0 Å². The maximum absolute atomic E-state index is 6.11. The Balaban J connectivity index is 2.07. The second kappa shape index (κ2) is 4.67. The first-order chi connectivity index (χ1) is 7.46. The van der Waals surface area contributed by atoms with Crippen molar-refractivity contribution in [2.45, 2.75) is 56.6 Å². The molecule has 1 aromatic rings. The molecule has 2 N–H and O–H groups in total. The lowest BCUT2D eigenvalue weighted by atomic mass is 9.99. The number of hydrogen-bond acceptors (Lipinski definition) is 4. The molecule has 0 amide bonds. The van der Waals surface area contributed by atoms with Gasteiger partial charge >= 0.3 is 0 Å². The smallest absolute Gasteiger partial charge is 0.103 e. The lowest BCUT2D eigenvalue weighted by Gasteiger charge is -2.16. The van der Waals surface area contributed by atoms with Gasteiger partial charge in [-0.05, 0) is 19.3 Å². The topological polar surface area (TPSA) is 38.9 Å². The summed E-state index contributed by atoms with van der Waals surface area (Å²) >= 11 is 3.79. The molecule has 0 saturated carbocycles. The molecule has 2 nitrogen and oxygen atoms in total. The summed E-state index contributed by atoms with van der Waals surface area (Å²) in [5.41, 5.74) is 7.38. The fourth-order valence-corrected chi connectivity index (χ4v) is 3.82. The molecule has 1 unspecified atom stereocenters. The average Bonchev–Trinajstić information content (AvgIpc) is 2.58. The maximum atomic E-state index is 6.11. The molecular formula is C12H20N2S2. The van der Waals surface area contributed by atoms with Gasteiger partial charge in [0, 0.05) is 21.4 Å². The number of aromatic nitrogens is 1. The molecule has 16 heavy (non-hydrogen) atoms. The van der Waals surface area contributed by atoms with E-state index in [1.807, 2.05) is 23.1 Å². The van der Waals surface area contributed by atoms with Gasteiger partial charge in [-0.15, -0.1) is 23.1 Å². The van der Waals surface area contributed by atoms with Crippen LogP contribution in [0.5, 0.6) is 0 Å². The van der Waals surface area contributed by atoms with E-state index in [4.69, 9.17) is 10.7 Å². The van der Waals surface area contributed by atoms with E-state index in [0.29, 0.717) is 4.75 Å². The number of rotatable bonds is 2. The minimum absolute atomic E-state index is 0.245. The van der Waals surface area contributed by atoms with Crippen molar-refractivity contribution in [1.82, 2.24) is 4.98 Å². The molecule has 2 rings (SSSR count). The molecule has 0 saturated heterocycles. The molecule has 1 aliphatic carbocycles. The standard InChI is InChI=1S/C12H20N2S2/c1-12(2,3)15-7-10-14-9-6-4-5-8(13)11(9)16-10/h8H,4-7,13H2,1-3H3. The van der Waals surface area contributed by atoms with Crippen molar-refractivity contribution >= 4 is 23.1 Å². The van der Waals surface area contributed by atoms with Crippen LogP contribution >= 0.6 is 23.1 Å². The van der Waals surface area contributed by atoms with Crippen LogP contribution in [-0.4, -0.2) is 9.73 Å². The fraction of sp³-hybridized carbons (Fsp3) is 0.750. The molecule has 1 aliphatic rings. The molecule has 0 aliphatic heterocycles. The van der Waals surface area contributed by atoms with E-state index < -0.39 is 0 Å². The van der Waals surface area contributed by atoms with Gasteiger partial charge in [-0.3, -0.25) is 0 Å². The van der Waals surface area contributed by atoms with Crippen LogP contribution < -0.4 is 5.73 Å². The molecule has 0 aromatic carbocycles. The summed E-state index contributed by atoms with van der Waals surface area (Å²) in [6, 6.07) is 0.245. The van der Waals surface area contributed by atoms with Crippen LogP contribution in [0.1, 0.15) is 55.2 Å². The summed E-state index contributed by atoms with van der Waals surface area (Å²) in [7, 11) is 0. The van der Waals surface area contributed by atoms with Gasteiger partial charge < -0.3 is 5.73 Å². The van der Waals surface area contributed by atoms with E-state index in [9.17, 15) is 0 Å². The second-order valence-electron chi connectivity index (χ2n) is 5.32. The Morgan fingerprint density at radius 3 is 2.88 bits per heavy atom. The highest BCUT2D eigenvalue weighted by molar-refractivity contribution is 7.99. The number of hydrogen-bond donors (Lipinski definition) is 1. The molecular weight excluding hydrogens is 236 g/mol. The predicted octanol–water partition coefficient (Wildman–Crippen LogP) is 3.51. The molecule has 1 aromatic heterocycles. The molecule has 0 bridgehead atoms. The molecule has 90 valence electrons. The molecule has 1 atom stereocenters. The fourth-order valence-electron chi connectivity index (χ4n) is 1.84.